The number of nitrogens with zero attached hydrogens (tertiary/aromatic N) is 1. The lowest BCUT2D eigenvalue weighted by molar-refractivity contribution is -0.0255. The molecule has 0 saturated carbocycles. The van der Waals surface area contributed by atoms with Crippen molar-refractivity contribution in [2.45, 2.75) is 39.2 Å². The summed E-state index contributed by atoms with van der Waals surface area (Å²) in [6.07, 6.45) is 3.28. The van der Waals surface area contributed by atoms with Gasteiger partial charge in [-0.05, 0) is 50.3 Å². The van der Waals surface area contributed by atoms with E-state index in [-0.39, 0.29) is 12.0 Å². The molecular weight excluding hydrogens is 310 g/mol. The maximum Gasteiger partial charge on any atom is 0.254 e. The SMILES string of the molecule is Cc1ccc(C)c(C(=O)N2CCO[C@@H](CCCc3ccccc3)C2)c1. The van der Waals surface area contributed by atoms with Crippen LogP contribution in [0.15, 0.2) is 48.5 Å². The van der Waals surface area contributed by atoms with Crippen LogP contribution in [0.25, 0.3) is 0 Å². The Bertz CT molecular complexity index is 711. The molecule has 1 fully saturated rings. The second-order valence-electron chi connectivity index (χ2n) is 6.94. The molecule has 0 aliphatic carbocycles. The van der Waals surface area contributed by atoms with E-state index in [0.29, 0.717) is 19.7 Å². The van der Waals surface area contributed by atoms with Crippen LogP contribution in [-0.4, -0.2) is 36.6 Å². The van der Waals surface area contributed by atoms with Crippen LogP contribution in [0.2, 0.25) is 0 Å². The van der Waals surface area contributed by atoms with E-state index < -0.39 is 0 Å². The number of hydrogen-bond donors (Lipinski definition) is 0. The summed E-state index contributed by atoms with van der Waals surface area (Å²) in [7, 11) is 0. The summed E-state index contributed by atoms with van der Waals surface area (Å²) in [5.41, 5.74) is 4.36. The van der Waals surface area contributed by atoms with Crippen molar-refractivity contribution in [3.8, 4) is 0 Å². The van der Waals surface area contributed by atoms with E-state index in [1.165, 1.54) is 5.56 Å². The summed E-state index contributed by atoms with van der Waals surface area (Å²) in [4.78, 5) is 14.8. The van der Waals surface area contributed by atoms with Crippen molar-refractivity contribution in [3.63, 3.8) is 0 Å². The molecule has 1 aliphatic heterocycles. The van der Waals surface area contributed by atoms with Crippen LogP contribution in [0.4, 0.5) is 0 Å². The molecule has 2 aromatic rings. The minimum atomic E-state index is 0.137. The van der Waals surface area contributed by atoms with Gasteiger partial charge in [-0.25, -0.2) is 0 Å². The largest absolute Gasteiger partial charge is 0.375 e. The van der Waals surface area contributed by atoms with Crippen molar-refractivity contribution < 1.29 is 9.53 Å². The first-order valence-electron chi connectivity index (χ1n) is 9.15. The first kappa shape index (κ1) is 17.7. The van der Waals surface area contributed by atoms with Gasteiger partial charge in [0.25, 0.3) is 5.91 Å². The molecule has 3 rings (SSSR count). The molecule has 1 heterocycles. The number of hydrogen-bond acceptors (Lipinski definition) is 2. The van der Waals surface area contributed by atoms with Crippen molar-refractivity contribution in [1.29, 1.82) is 0 Å². The highest BCUT2D eigenvalue weighted by atomic mass is 16.5. The lowest BCUT2D eigenvalue weighted by Gasteiger charge is -2.33. The van der Waals surface area contributed by atoms with E-state index in [9.17, 15) is 4.79 Å². The summed E-state index contributed by atoms with van der Waals surface area (Å²) in [6, 6.07) is 16.6. The second kappa shape index (κ2) is 8.30. The summed E-state index contributed by atoms with van der Waals surface area (Å²) in [5, 5.41) is 0. The molecule has 0 N–H and O–H groups in total. The Balaban J connectivity index is 1.55. The first-order chi connectivity index (χ1) is 12.1. The smallest absolute Gasteiger partial charge is 0.254 e. The standard InChI is InChI=1S/C22H27NO2/c1-17-11-12-18(2)21(15-17)22(24)23-13-14-25-20(16-23)10-6-9-19-7-4-3-5-8-19/h3-5,7-8,11-12,15,20H,6,9-10,13-14,16H2,1-2H3/t20-/m0/s1. The van der Waals surface area contributed by atoms with Gasteiger partial charge in [-0.15, -0.1) is 0 Å². The van der Waals surface area contributed by atoms with Gasteiger partial charge >= 0.3 is 0 Å². The van der Waals surface area contributed by atoms with Gasteiger partial charge in [-0.2, -0.15) is 0 Å². The van der Waals surface area contributed by atoms with Gasteiger partial charge < -0.3 is 9.64 Å². The minimum Gasteiger partial charge on any atom is -0.375 e. The number of rotatable bonds is 5. The van der Waals surface area contributed by atoms with E-state index in [4.69, 9.17) is 4.74 Å². The van der Waals surface area contributed by atoms with E-state index >= 15 is 0 Å². The monoisotopic (exact) mass is 337 g/mol. The van der Waals surface area contributed by atoms with Crippen molar-refractivity contribution in [1.82, 2.24) is 4.90 Å². The third-order valence-electron chi connectivity index (χ3n) is 4.88. The van der Waals surface area contributed by atoms with Crippen LogP contribution in [0.5, 0.6) is 0 Å². The number of aryl methyl sites for hydroxylation is 3. The fourth-order valence-electron chi connectivity index (χ4n) is 3.39. The zero-order chi connectivity index (χ0) is 17.6. The molecule has 25 heavy (non-hydrogen) atoms. The van der Waals surface area contributed by atoms with E-state index in [1.54, 1.807) is 0 Å². The second-order valence-corrected chi connectivity index (χ2v) is 6.94. The summed E-state index contributed by atoms with van der Waals surface area (Å²) < 4.78 is 5.89. The topological polar surface area (TPSA) is 29.5 Å². The number of morpholine rings is 1. The van der Waals surface area contributed by atoms with E-state index in [0.717, 1.165) is 36.0 Å². The lowest BCUT2D eigenvalue weighted by atomic mass is 10.0. The molecule has 0 spiro atoms. The number of carbonyl (C=O) groups excluding carboxylic acids is 1. The van der Waals surface area contributed by atoms with E-state index in [2.05, 4.69) is 30.3 Å². The maximum absolute atomic E-state index is 12.9. The number of carbonyl (C=O) groups is 1. The molecule has 0 aromatic heterocycles. The van der Waals surface area contributed by atoms with Crippen LogP contribution < -0.4 is 0 Å². The van der Waals surface area contributed by atoms with Crippen LogP contribution in [0, 0.1) is 13.8 Å². The van der Waals surface area contributed by atoms with Crippen LogP contribution in [0.3, 0.4) is 0 Å². The Kier molecular flexibility index (Phi) is 5.87. The zero-order valence-corrected chi connectivity index (χ0v) is 15.2. The normalized spacial score (nSPS) is 17.5. The van der Waals surface area contributed by atoms with Crippen LogP contribution in [-0.2, 0) is 11.2 Å². The van der Waals surface area contributed by atoms with Crippen molar-refractivity contribution in [2.24, 2.45) is 0 Å². The maximum atomic E-state index is 12.9. The predicted molar refractivity (Wildman–Crippen MR) is 101 cm³/mol. The van der Waals surface area contributed by atoms with Gasteiger partial charge in [-0.1, -0.05) is 48.0 Å². The molecule has 3 nitrogen and oxygen atoms in total. The highest BCUT2D eigenvalue weighted by molar-refractivity contribution is 5.95. The van der Waals surface area contributed by atoms with Crippen molar-refractivity contribution in [3.05, 3.63) is 70.8 Å². The molecule has 1 saturated heterocycles. The quantitative estimate of drug-likeness (QED) is 0.819. The summed E-state index contributed by atoms with van der Waals surface area (Å²) in [6.45, 7) is 6.04. The van der Waals surface area contributed by atoms with Crippen LogP contribution in [0.1, 0.15) is 39.9 Å². The molecule has 0 unspecified atom stereocenters. The molecular formula is C22H27NO2. The van der Waals surface area contributed by atoms with Gasteiger partial charge in [-0.3, -0.25) is 4.79 Å². The average molecular weight is 337 g/mol. The molecule has 3 heteroatoms. The Morgan fingerprint density at radius 3 is 2.76 bits per heavy atom. The molecule has 1 atom stereocenters. The summed E-state index contributed by atoms with van der Waals surface area (Å²) >= 11 is 0. The Hall–Kier alpha value is -2.13. The number of ether oxygens (including phenoxy) is 1. The molecule has 1 amide bonds. The molecule has 132 valence electrons. The third-order valence-corrected chi connectivity index (χ3v) is 4.88. The highest BCUT2D eigenvalue weighted by Crippen LogP contribution is 2.18. The van der Waals surface area contributed by atoms with Crippen molar-refractivity contribution in [2.75, 3.05) is 19.7 Å². The van der Waals surface area contributed by atoms with Gasteiger partial charge in [0.15, 0.2) is 0 Å². The highest BCUT2D eigenvalue weighted by Gasteiger charge is 2.25. The van der Waals surface area contributed by atoms with Gasteiger partial charge in [0.1, 0.15) is 0 Å². The molecule has 0 bridgehead atoms. The third kappa shape index (κ3) is 4.70. The first-order valence-corrected chi connectivity index (χ1v) is 9.15. The Morgan fingerprint density at radius 2 is 1.96 bits per heavy atom. The van der Waals surface area contributed by atoms with Gasteiger partial charge in [0, 0.05) is 18.7 Å². The predicted octanol–water partition coefficient (Wildman–Crippen LogP) is 4.17. The Labute approximate surface area is 150 Å². The zero-order valence-electron chi connectivity index (χ0n) is 15.2. The van der Waals surface area contributed by atoms with Gasteiger partial charge in [0.2, 0.25) is 0 Å². The van der Waals surface area contributed by atoms with Crippen LogP contribution >= 0.6 is 0 Å². The fourth-order valence-corrected chi connectivity index (χ4v) is 3.39. The Morgan fingerprint density at radius 1 is 1.16 bits per heavy atom. The van der Waals surface area contributed by atoms with Gasteiger partial charge in [0.05, 0.1) is 12.7 Å². The average Bonchev–Trinajstić information content (AvgIpc) is 2.64. The van der Waals surface area contributed by atoms with E-state index in [1.807, 2.05) is 36.9 Å². The molecule has 2 aromatic carbocycles. The summed E-state index contributed by atoms with van der Waals surface area (Å²) in [5.74, 6) is 0.137. The number of benzene rings is 2. The fraction of sp³-hybridized carbons (Fsp3) is 0.409. The lowest BCUT2D eigenvalue weighted by Crippen LogP contribution is -2.45. The number of amides is 1. The van der Waals surface area contributed by atoms with Crippen molar-refractivity contribution >= 4 is 5.91 Å². The molecule has 1 aliphatic rings. The molecule has 0 radical (unpaired) electrons. The minimum absolute atomic E-state index is 0.137.